The molecule has 3 aromatic rings. The molecule has 0 N–H and O–H groups in total. The summed E-state index contributed by atoms with van der Waals surface area (Å²) in [6.45, 7) is 7.10. The molecule has 8 heteroatoms. The third-order valence-electron chi connectivity index (χ3n) is 4.23. The predicted octanol–water partition coefficient (Wildman–Crippen LogP) is 4.55. The zero-order valence-electron chi connectivity index (χ0n) is 16.2. The van der Waals surface area contributed by atoms with Crippen LogP contribution in [0.3, 0.4) is 0 Å². The van der Waals surface area contributed by atoms with Crippen molar-refractivity contribution >= 4 is 11.8 Å². The molecule has 1 unspecified atom stereocenters. The molecule has 27 heavy (non-hydrogen) atoms. The summed E-state index contributed by atoms with van der Waals surface area (Å²) in [7, 11) is 1.66. The van der Waals surface area contributed by atoms with Crippen LogP contribution in [0.5, 0.6) is 5.75 Å². The molecule has 0 aliphatic rings. The smallest absolute Gasteiger partial charge is 0.239 e. The molecule has 0 aliphatic carbocycles. The number of aryl methyl sites for hydroxylation is 1. The van der Waals surface area contributed by atoms with E-state index in [-0.39, 0.29) is 5.25 Å². The lowest BCUT2D eigenvalue weighted by atomic mass is 10.2. The molecule has 2 heterocycles. The Hall–Kier alpha value is -2.35. The molecule has 0 radical (unpaired) electrons. The van der Waals surface area contributed by atoms with Crippen LogP contribution in [0.2, 0.25) is 0 Å². The average molecular weight is 388 g/mol. The number of hydrogen-bond donors (Lipinski definition) is 0. The van der Waals surface area contributed by atoms with E-state index < -0.39 is 0 Å². The van der Waals surface area contributed by atoms with Gasteiger partial charge in [0.15, 0.2) is 16.8 Å². The van der Waals surface area contributed by atoms with Gasteiger partial charge in [-0.25, -0.2) is 0 Å². The average Bonchev–Trinajstić information content (AvgIpc) is 3.33. The lowest BCUT2D eigenvalue weighted by molar-refractivity contribution is 0.375. The Kier molecular flexibility index (Phi) is 6.49. The largest absolute Gasteiger partial charge is 0.497 e. The maximum absolute atomic E-state index is 5.37. The summed E-state index contributed by atoms with van der Waals surface area (Å²) < 4.78 is 12.8. The van der Waals surface area contributed by atoms with Crippen molar-refractivity contribution in [2.45, 2.75) is 57.0 Å². The van der Waals surface area contributed by atoms with Crippen molar-refractivity contribution in [3.8, 4) is 17.1 Å². The Morgan fingerprint density at radius 2 is 1.96 bits per heavy atom. The maximum atomic E-state index is 5.37. The van der Waals surface area contributed by atoms with Crippen LogP contribution in [-0.4, -0.2) is 32.0 Å². The van der Waals surface area contributed by atoms with Crippen molar-refractivity contribution < 1.29 is 9.26 Å². The molecule has 3 rings (SSSR count). The fourth-order valence-corrected chi connectivity index (χ4v) is 3.54. The van der Waals surface area contributed by atoms with Gasteiger partial charge in [0.25, 0.3) is 0 Å². The number of methoxy groups -OCH3 is 1. The lowest BCUT2D eigenvalue weighted by Gasteiger charge is -2.11. The number of thioether (sulfide) groups is 1. The minimum atomic E-state index is 0.00564. The molecule has 1 atom stereocenters. The molecule has 0 saturated carbocycles. The number of unbranched alkanes of at least 4 members (excludes halogenated alkanes) is 1. The number of benzene rings is 1. The van der Waals surface area contributed by atoms with Gasteiger partial charge in [-0.1, -0.05) is 37.2 Å². The molecular weight excluding hydrogens is 362 g/mol. The predicted molar refractivity (Wildman–Crippen MR) is 105 cm³/mol. The van der Waals surface area contributed by atoms with Crippen LogP contribution in [0, 0.1) is 0 Å². The van der Waals surface area contributed by atoms with Crippen LogP contribution in [0.4, 0.5) is 0 Å². The number of aromatic nitrogens is 5. The second-order valence-electron chi connectivity index (χ2n) is 6.20. The second-order valence-corrected chi connectivity index (χ2v) is 7.51. The highest BCUT2D eigenvalue weighted by Crippen LogP contribution is 2.35. The van der Waals surface area contributed by atoms with Gasteiger partial charge >= 0.3 is 0 Å². The van der Waals surface area contributed by atoms with Crippen molar-refractivity contribution in [2.75, 3.05) is 7.11 Å². The Morgan fingerprint density at radius 1 is 1.19 bits per heavy atom. The zero-order chi connectivity index (χ0) is 19.2. The summed E-state index contributed by atoms with van der Waals surface area (Å²) >= 11 is 1.59. The van der Waals surface area contributed by atoms with Crippen LogP contribution >= 0.6 is 11.8 Å². The molecule has 0 amide bonds. The Morgan fingerprint density at radius 3 is 2.59 bits per heavy atom. The first-order chi connectivity index (χ1) is 13.2. The van der Waals surface area contributed by atoms with E-state index in [0.717, 1.165) is 53.9 Å². The molecule has 0 aliphatic heterocycles. The highest BCUT2D eigenvalue weighted by molar-refractivity contribution is 7.99. The highest BCUT2D eigenvalue weighted by atomic mass is 32.2. The van der Waals surface area contributed by atoms with Crippen molar-refractivity contribution in [1.29, 1.82) is 0 Å². The number of hydrogen-bond acceptors (Lipinski definition) is 7. The van der Waals surface area contributed by atoms with Crippen molar-refractivity contribution in [1.82, 2.24) is 24.9 Å². The summed E-state index contributed by atoms with van der Waals surface area (Å²) in [5, 5.41) is 13.7. The van der Waals surface area contributed by atoms with Gasteiger partial charge in [0, 0.05) is 18.5 Å². The normalized spacial score (nSPS) is 12.3. The van der Waals surface area contributed by atoms with E-state index in [2.05, 4.69) is 31.8 Å². The van der Waals surface area contributed by atoms with E-state index >= 15 is 0 Å². The Bertz CT molecular complexity index is 859. The lowest BCUT2D eigenvalue weighted by Crippen LogP contribution is -2.03. The molecule has 0 bridgehead atoms. The molecule has 0 fully saturated rings. The molecule has 0 saturated heterocycles. The van der Waals surface area contributed by atoms with Crippen molar-refractivity contribution in [2.24, 2.45) is 0 Å². The third-order valence-corrected chi connectivity index (χ3v) is 5.30. The maximum Gasteiger partial charge on any atom is 0.239 e. The van der Waals surface area contributed by atoms with Gasteiger partial charge in [0.1, 0.15) is 5.75 Å². The third kappa shape index (κ3) is 4.50. The number of ether oxygens (including phenoxy) is 1. The van der Waals surface area contributed by atoms with E-state index in [0.29, 0.717) is 5.89 Å². The monoisotopic (exact) mass is 387 g/mol. The highest BCUT2D eigenvalue weighted by Gasteiger charge is 2.21. The van der Waals surface area contributed by atoms with Gasteiger partial charge in [-0.2, -0.15) is 4.98 Å². The quantitative estimate of drug-likeness (QED) is 0.498. The fraction of sp³-hybridized carbons (Fsp3) is 0.474. The molecule has 2 aromatic heterocycles. The van der Waals surface area contributed by atoms with Crippen molar-refractivity contribution in [3.63, 3.8) is 0 Å². The molecule has 0 spiro atoms. The summed E-state index contributed by atoms with van der Waals surface area (Å²) in [5.41, 5.74) is 1.02. The van der Waals surface area contributed by atoms with E-state index in [9.17, 15) is 0 Å². The summed E-state index contributed by atoms with van der Waals surface area (Å²) in [5.74, 6) is 3.03. The summed E-state index contributed by atoms with van der Waals surface area (Å²) in [4.78, 5) is 4.43. The van der Waals surface area contributed by atoms with Gasteiger partial charge in [0.05, 0.1) is 12.4 Å². The number of rotatable bonds is 9. The fourth-order valence-electron chi connectivity index (χ4n) is 2.63. The van der Waals surface area contributed by atoms with Gasteiger partial charge in [-0.3, -0.25) is 0 Å². The number of nitrogens with zero attached hydrogens (tertiary/aromatic N) is 5. The molecular formula is C19H25N5O2S. The zero-order valence-corrected chi connectivity index (χ0v) is 17.0. The van der Waals surface area contributed by atoms with Gasteiger partial charge in [0.2, 0.25) is 5.89 Å². The molecule has 7 nitrogen and oxygen atoms in total. The second kappa shape index (κ2) is 9.03. The Labute approximate surface area is 163 Å². The van der Waals surface area contributed by atoms with Crippen LogP contribution < -0.4 is 4.74 Å². The minimum Gasteiger partial charge on any atom is -0.497 e. The van der Waals surface area contributed by atoms with Gasteiger partial charge in [-0.15, -0.1) is 10.2 Å². The van der Waals surface area contributed by atoms with Crippen LogP contribution in [0.1, 0.15) is 50.6 Å². The van der Waals surface area contributed by atoms with E-state index in [4.69, 9.17) is 9.26 Å². The minimum absolute atomic E-state index is 0.00564. The summed E-state index contributed by atoms with van der Waals surface area (Å²) in [6.07, 6.45) is 2.92. The van der Waals surface area contributed by atoms with Gasteiger partial charge in [-0.05, 0) is 37.6 Å². The van der Waals surface area contributed by atoms with Crippen LogP contribution in [0.25, 0.3) is 11.4 Å². The van der Waals surface area contributed by atoms with Crippen LogP contribution in [0.15, 0.2) is 33.9 Å². The van der Waals surface area contributed by atoms with E-state index in [1.54, 1.807) is 18.9 Å². The Balaban J connectivity index is 1.86. The van der Waals surface area contributed by atoms with Crippen molar-refractivity contribution in [3.05, 3.63) is 36.0 Å². The topological polar surface area (TPSA) is 78.9 Å². The van der Waals surface area contributed by atoms with E-state index in [1.807, 2.05) is 38.1 Å². The summed E-state index contributed by atoms with van der Waals surface area (Å²) in [6, 6.07) is 7.89. The first kappa shape index (κ1) is 19.4. The standard InChI is InChI=1S/C19H25N5O2S/c1-5-7-12-24-17(14-8-10-15(25-4)11-9-14)21-22-19(24)27-13(3)18-20-16(6-2)23-26-18/h8-11,13H,5-7,12H2,1-4H3. The molecule has 144 valence electrons. The first-order valence-electron chi connectivity index (χ1n) is 9.23. The molecule has 1 aromatic carbocycles. The SMILES string of the molecule is CCCCn1c(SC(C)c2nc(CC)no2)nnc1-c1ccc(OC)cc1. The van der Waals surface area contributed by atoms with Gasteiger partial charge < -0.3 is 13.8 Å². The van der Waals surface area contributed by atoms with E-state index in [1.165, 1.54) is 0 Å². The first-order valence-corrected chi connectivity index (χ1v) is 10.1. The van der Waals surface area contributed by atoms with Crippen LogP contribution in [-0.2, 0) is 13.0 Å².